The van der Waals surface area contributed by atoms with E-state index in [1.165, 1.54) is 12.1 Å². The van der Waals surface area contributed by atoms with Crippen molar-refractivity contribution in [3.05, 3.63) is 78.1 Å². The molecule has 0 amide bonds. The monoisotopic (exact) mass is 456 g/mol. The van der Waals surface area contributed by atoms with Gasteiger partial charge in [-0.25, -0.2) is 18.9 Å². The van der Waals surface area contributed by atoms with Crippen LogP contribution >= 0.6 is 0 Å². The molecule has 34 heavy (non-hydrogen) atoms. The van der Waals surface area contributed by atoms with E-state index in [4.69, 9.17) is 10.7 Å². The number of hydrogen-bond acceptors (Lipinski definition) is 6. The van der Waals surface area contributed by atoms with Crippen LogP contribution < -0.4 is 5.73 Å². The predicted molar refractivity (Wildman–Crippen MR) is 128 cm³/mol. The lowest BCUT2D eigenvalue weighted by Gasteiger charge is -2.31. The Morgan fingerprint density at radius 3 is 2.53 bits per heavy atom. The number of nitrogens with zero attached hydrogens (tertiary/aromatic N) is 7. The van der Waals surface area contributed by atoms with E-state index in [0.29, 0.717) is 11.5 Å². The number of benzene rings is 1. The van der Waals surface area contributed by atoms with Crippen LogP contribution in [0.25, 0.3) is 28.3 Å². The highest BCUT2D eigenvalue weighted by Crippen LogP contribution is 2.37. The molecule has 0 fully saturated rings. The number of pyridine rings is 1. The molecule has 5 rings (SSSR count). The van der Waals surface area contributed by atoms with Gasteiger partial charge in [0.15, 0.2) is 11.5 Å². The van der Waals surface area contributed by atoms with Crippen LogP contribution in [0, 0.1) is 18.2 Å². The van der Waals surface area contributed by atoms with Crippen molar-refractivity contribution in [2.45, 2.75) is 33.7 Å². The number of halogens is 1. The van der Waals surface area contributed by atoms with Crippen molar-refractivity contribution in [1.29, 1.82) is 0 Å². The van der Waals surface area contributed by atoms with Crippen LogP contribution in [0.5, 0.6) is 0 Å². The summed E-state index contributed by atoms with van der Waals surface area (Å²) in [5, 5.41) is 8.80. The van der Waals surface area contributed by atoms with Crippen molar-refractivity contribution in [3.63, 3.8) is 0 Å². The van der Waals surface area contributed by atoms with Crippen LogP contribution in [0.15, 0.2) is 61.2 Å². The first-order chi connectivity index (χ1) is 16.2. The number of nitrogen functional groups attached to an aromatic ring is 1. The molecule has 0 spiro atoms. The summed E-state index contributed by atoms with van der Waals surface area (Å²) in [6, 6.07) is 10.3. The maximum Gasteiger partial charge on any atom is 0.240 e. The highest BCUT2D eigenvalue weighted by molar-refractivity contribution is 5.70. The van der Waals surface area contributed by atoms with E-state index >= 15 is 0 Å². The first-order valence-electron chi connectivity index (χ1n) is 11.0. The molecule has 1 aromatic carbocycles. The summed E-state index contributed by atoms with van der Waals surface area (Å²) in [6.07, 6.45) is 7.30. The first-order valence-corrected chi connectivity index (χ1v) is 11.0. The molecule has 1 unspecified atom stereocenters. The molecule has 4 heterocycles. The Hall–Kier alpha value is -4.14. The highest BCUT2D eigenvalue weighted by atomic mass is 19.1. The average molecular weight is 457 g/mol. The number of hydrogen-bond donors (Lipinski definition) is 1. The zero-order valence-corrected chi connectivity index (χ0v) is 19.4. The number of fused-ring (bicyclic) bond motifs is 1. The number of aromatic nitrogens is 7. The molecule has 0 saturated carbocycles. The molecule has 5 aromatic rings. The third-order valence-corrected chi connectivity index (χ3v) is 5.83. The molecule has 2 N–H and O–H groups in total. The Morgan fingerprint density at radius 2 is 1.79 bits per heavy atom. The van der Waals surface area contributed by atoms with Crippen molar-refractivity contribution in [2.24, 2.45) is 5.41 Å². The van der Waals surface area contributed by atoms with E-state index in [1.54, 1.807) is 23.1 Å². The van der Waals surface area contributed by atoms with Crippen molar-refractivity contribution >= 4 is 11.6 Å². The number of rotatable bonds is 4. The van der Waals surface area contributed by atoms with E-state index in [9.17, 15) is 4.39 Å². The minimum atomic E-state index is -0.256. The first kappa shape index (κ1) is 21.7. The Bertz CT molecular complexity index is 1480. The molecule has 172 valence electrons. The molecule has 1 atom stereocenters. The summed E-state index contributed by atoms with van der Waals surface area (Å²) in [4.78, 5) is 13.6. The summed E-state index contributed by atoms with van der Waals surface area (Å²) in [6.45, 7) is 8.37. The SMILES string of the molecule is Cc1c(-c2nccc(-c3cnn(C(c4ccc(F)cc4)C(C)(C)C)c3)n2)ccn2nc(N)nc12. The molecule has 0 saturated heterocycles. The molecule has 0 bridgehead atoms. The smallest absolute Gasteiger partial charge is 0.240 e. The zero-order valence-electron chi connectivity index (χ0n) is 19.4. The summed E-state index contributed by atoms with van der Waals surface area (Å²) >= 11 is 0. The van der Waals surface area contributed by atoms with Crippen molar-refractivity contribution in [2.75, 3.05) is 5.73 Å². The maximum absolute atomic E-state index is 13.5. The standard InChI is InChI=1S/C25H25FN8/c1-15-19(10-12-33-23(15)31-24(27)32-33)22-28-11-9-20(30-22)17-13-29-34(14-17)21(25(2,3)4)16-5-7-18(26)8-6-16/h5-14,21H,1-4H3,(H2,27,32). The van der Waals surface area contributed by atoms with Gasteiger partial charge in [-0.3, -0.25) is 4.68 Å². The minimum Gasteiger partial charge on any atom is -0.366 e. The topological polar surface area (TPSA) is 99.8 Å². The van der Waals surface area contributed by atoms with Crippen molar-refractivity contribution in [1.82, 2.24) is 34.3 Å². The molecule has 0 aliphatic heterocycles. The highest BCUT2D eigenvalue weighted by Gasteiger charge is 2.29. The quantitative estimate of drug-likeness (QED) is 0.420. The molecule has 8 nitrogen and oxygen atoms in total. The molecule has 9 heteroatoms. The van der Waals surface area contributed by atoms with Gasteiger partial charge in [0.2, 0.25) is 5.95 Å². The molecule has 0 radical (unpaired) electrons. The summed E-state index contributed by atoms with van der Waals surface area (Å²) < 4.78 is 17.1. The molecule has 0 aliphatic carbocycles. The maximum atomic E-state index is 13.5. The lowest BCUT2D eigenvalue weighted by atomic mass is 9.82. The van der Waals surface area contributed by atoms with Crippen LogP contribution in [0.3, 0.4) is 0 Å². The van der Waals surface area contributed by atoms with Crippen molar-refractivity contribution < 1.29 is 4.39 Å². The number of aryl methyl sites for hydroxylation is 1. The normalized spacial score (nSPS) is 12.9. The second kappa shape index (κ2) is 8.02. The van der Waals surface area contributed by atoms with Gasteiger partial charge in [-0.1, -0.05) is 32.9 Å². The lowest BCUT2D eigenvalue weighted by Crippen LogP contribution is -2.26. The summed E-state index contributed by atoms with van der Waals surface area (Å²) in [7, 11) is 0. The van der Waals surface area contributed by atoms with E-state index < -0.39 is 0 Å². The summed E-state index contributed by atoms with van der Waals surface area (Å²) in [5.74, 6) is 0.544. The third kappa shape index (κ3) is 3.89. The van der Waals surface area contributed by atoms with Gasteiger partial charge in [0, 0.05) is 35.3 Å². The summed E-state index contributed by atoms with van der Waals surface area (Å²) in [5.41, 5.74) is 10.6. The van der Waals surface area contributed by atoms with E-state index in [-0.39, 0.29) is 23.2 Å². The number of nitrogens with two attached hydrogens (primary N) is 1. The minimum absolute atomic E-state index is 0.0776. The Kier molecular flexibility index (Phi) is 5.11. The van der Waals surface area contributed by atoms with Gasteiger partial charge in [-0.05, 0) is 42.2 Å². The molecular formula is C25H25FN8. The Morgan fingerprint density at radius 1 is 1.03 bits per heavy atom. The van der Waals surface area contributed by atoms with Gasteiger partial charge in [-0.2, -0.15) is 10.1 Å². The van der Waals surface area contributed by atoms with Crippen LogP contribution in [-0.2, 0) is 0 Å². The van der Waals surface area contributed by atoms with Crippen LogP contribution in [0.1, 0.15) is 37.9 Å². The van der Waals surface area contributed by atoms with Crippen molar-refractivity contribution in [3.8, 4) is 22.6 Å². The van der Waals surface area contributed by atoms with Gasteiger partial charge in [0.1, 0.15) is 5.82 Å². The van der Waals surface area contributed by atoms with Gasteiger partial charge >= 0.3 is 0 Å². The van der Waals surface area contributed by atoms with E-state index in [0.717, 1.165) is 27.9 Å². The Labute approximate surface area is 196 Å². The fourth-order valence-corrected chi connectivity index (χ4v) is 4.29. The molecule has 4 aromatic heterocycles. The second-order valence-corrected chi connectivity index (χ2v) is 9.39. The van der Waals surface area contributed by atoms with E-state index in [2.05, 4.69) is 40.9 Å². The largest absolute Gasteiger partial charge is 0.366 e. The van der Waals surface area contributed by atoms with Gasteiger partial charge in [-0.15, -0.1) is 5.10 Å². The fourth-order valence-electron chi connectivity index (χ4n) is 4.29. The van der Waals surface area contributed by atoms with Gasteiger partial charge in [0.25, 0.3) is 0 Å². The fraction of sp³-hybridized carbons (Fsp3) is 0.240. The van der Waals surface area contributed by atoms with E-state index in [1.807, 2.05) is 42.1 Å². The average Bonchev–Trinajstić information content (AvgIpc) is 3.42. The number of anilines is 1. The predicted octanol–water partition coefficient (Wildman–Crippen LogP) is 4.72. The third-order valence-electron chi connectivity index (χ3n) is 5.83. The lowest BCUT2D eigenvalue weighted by molar-refractivity contribution is 0.265. The van der Waals surface area contributed by atoms with Gasteiger partial charge in [0.05, 0.1) is 17.9 Å². The molecular weight excluding hydrogens is 431 g/mol. The Balaban J connectivity index is 1.53. The van der Waals surface area contributed by atoms with Crippen LogP contribution in [0.2, 0.25) is 0 Å². The zero-order chi connectivity index (χ0) is 24.0. The van der Waals surface area contributed by atoms with Crippen LogP contribution in [-0.4, -0.2) is 34.3 Å². The second-order valence-electron chi connectivity index (χ2n) is 9.39. The van der Waals surface area contributed by atoms with Gasteiger partial charge < -0.3 is 5.73 Å². The molecule has 0 aliphatic rings. The van der Waals surface area contributed by atoms with Crippen LogP contribution in [0.4, 0.5) is 10.3 Å².